The molecule has 0 aliphatic heterocycles. The third-order valence-electron chi connectivity index (χ3n) is 11.2. The molecule has 0 saturated carbocycles. The molecular formula is C54H36N3P. The van der Waals surface area contributed by atoms with Gasteiger partial charge in [0.25, 0.3) is 0 Å². The fourth-order valence-corrected chi connectivity index (χ4v) is 10.8. The first-order valence-corrected chi connectivity index (χ1v) is 21.0. The lowest BCUT2D eigenvalue weighted by atomic mass is 9.90. The third-order valence-corrected chi connectivity index (χ3v) is 13.6. The van der Waals surface area contributed by atoms with Crippen molar-refractivity contribution in [2.75, 3.05) is 0 Å². The Labute approximate surface area is 338 Å². The van der Waals surface area contributed by atoms with Gasteiger partial charge >= 0.3 is 0 Å². The molecule has 2 heterocycles. The van der Waals surface area contributed by atoms with E-state index >= 15 is 0 Å². The lowest BCUT2D eigenvalue weighted by Gasteiger charge is -2.20. The van der Waals surface area contributed by atoms with Crippen LogP contribution in [-0.4, -0.2) is 14.5 Å². The molecule has 0 radical (unpaired) electrons. The van der Waals surface area contributed by atoms with Gasteiger partial charge in [-0.3, -0.25) is 4.57 Å². The van der Waals surface area contributed by atoms with Crippen LogP contribution in [0.4, 0.5) is 0 Å². The summed E-state index contributed by atoms with van der Waals surface area (Å²) in [6.45, 7) is 0. The number of hydrogen-bond acceptors (Lipinski definition) is 2. The molecule has 9 aromatic carbocycles. The Morgan fingerprint density at radius 3 is 1.59 bits per heavy atom. The zero-order chi connectivity index (χ0) is 38.4. The quantitative estimate of drug-likeness (QED) is 0.120. The van der Waals surface area contributed by atoms with Crippen molar-refractivity contribution in [2.45, 2.75) is 0 Å². The van der Waals surface area contributed by atoms with Crippen molar-refractivity contribution in [2.24, 2.45) is 0 Å². The van der Waals surface area contributed by atoms with Gasteiger partial charge in [-0.15, -0.1) is 0 Å². The Hall–Kier alpha value is -7.19. The van der Waals surface area contributed by atoms with Crippen LogP contribution in [0.3, 0.4) is 0 Å². The fourth-order valence-electron chi connectivity index (χ4n) is 8.50. The number of rotatable bonds is 7. The van der Waals surface area contributed by atoms with Crippen LogP contribution >= 0.6 is 7.92 Å². The minimum absolute atomic E-state index is 0.717. The molecule has 58 heavy (non-hydrogen) atoms. The van der Waals surface area contributed by atoms with Crippen molar-refractivity contribution in [1.29, 1.82) is 0 Å². The molecule has 2 aromatic heterocycles. The third kappa shape index (κ3) is 5.87. The predicted molar refractivity (Wildman–Crippen MR) is 246 cm³/mol. The van der Waals surface area contributed by atoms with Gasteiger partial charge in [0.1, 0.15) is 5.82 Å². The molecule has 0 atom stereocenters. The second kappa shape index (κ2) is 14.4. The van der Waals surface area contributed by atoms with E-state index in [1.165, 1.54) is 37.6 Å². The van der Waals surface area contributed by atoms with E-state index in [2.05, 4.69) is 217 Å². The van der Waals surface area contributed by atoms with Crippen LogP contribution in [0.5, 0.6) is 0 Å². The molecule has 11 aromatic rings. The maximum Gasteiger partial charge on any atom is 0.145 e. The van der Waals surface area contributed by atoms with Crippen LogP contribution in [-0.2, 0) is 0 Å². The molecule has 0 amide bonds. The molecule has 0 fully saturated rings. The fraction of sp³-hybridized carbons (Fsp3) is 0. The second-order valence-electron chi connectivity index (χ2n) is 14.6. The number of benzene rings is 9. The molecule has 0 aliphatic carbocycles. The number of aromatic nitrogens is 3. The van der Waals surface area contributed by atoms with E-state index in [0.29, 0.717) is 0 Å². The van der Waals surface area contributed by atoms with Crippen molar-refractivity contribution in [1.82, 2.24) is 14.5 Å². The van der Waals surface area contributed by atoms with Crippen molar-refractivity contribution in [3.63, 3.8) is 0 Å². The largest absolute Gasteiger partial charge is 0.292 e. The molecule has 0 spiro atoms. The number of para-hydroxylation sites is 3. The standard InChI is InChI=1S/C54H36N3P/c1-4-16-39(17-5-1)54-56-50-26-14-15-27-51(50)57(54)40-32-28-37(29-33-40)47-36-48-52(45-23-11-10-22-44(45)47)46-24-12-13-25-49(46)55-53(48)38-30-34-43(35-31-38)58(41-18-6-2-7-19-41)42-20-8-3-9-21-42/h1-36H. The van der Waals surface area contributed by atoms with Crippen LogP contribution in [0.15, 0.2) is 218 Å². The normalized spacial score (nSPS) is 11.6. The Morgan fingerprint density at radius 1 is 0.362 bits per heavy atom. The van der Waals surface area contributed by atoms with Gasteiger partial charge in [-0.1, -0.05) is 182 Å². The van der Waals surface area contributed by atoms with Gasteiger partial charge in [-0.25, -0.2) is 9.97 Å². The number of pyridine rings is 1. The molecule has 272 valence electrons. The lowest BCUT2D eigenvalue weighted by Crippen LogP contribution is -2.20. The highest BCUT2D eigenvalue weighted by Gasteiger charge is 2.20. The molecule has 0 N–H and O–H groups in total. The highest BCUT2D eigenvalue weighted by molar-refractivity contribution is 7.79. The minimum atomic E-state index is -0.717. The minimum Gasteiger partial charge on any atom is -0.292 e. The van der Waals surface area contributed by atoms with Crippen molar-refractivity contribution in [3.05, 3.63) is 218 Å². The summed E-state index contributed by atoms with van der Waals surface area (Å²) in [6, 6.07) is 78.5. The highest BCUT2D eigenvalue weighted by Crippen LogP contribution is 2.42. The summed E-state index contributed by atoms with van der Waals surface area (Å²) in [6.07, 6.45) is 0. The molecule has 3 nitrogen and oxygen atoms in total. The van der Waals surface area contributed by atoms with Gasteiger partial charge in [-0.2, -0.15) is 0 Å². The summed E-state index contributed by atoms with van der Waals surface area (Å²) in [5, 5.41) is 9.96. The van der Waals surface area contributed by atoms with Crippen LogP contribution in [0.1, 0.15) is 0 Å². The number of fused-ring (bicyclic) bond motifs is 6. The van der Waals surface area contributed by atoms with Gasteiger partial charge in [0.15, 0.2) is 0 Å². The van der Waals surface area contributed by atoms with E-state index in [-0.39, 0.29) is 0 Å². The summed E-state index contributed by atoms with van der Waals surface area (Å²) in [5.41, 5.74) is 9.63. The van der Waals surface area contributed by atoms with Gasteiger partial charge in [-0.05, 0) is 82.1 Å². The first-order chi connectivity index (χ1) is 28.8. The van der Waals surface area contributed by atoms with Gasteiger partial charge in [0.2, 0.25) is 0 Å². The predicted octanol–water partition coefficient (Wildman–Crippen LogP) is 12.6. The van der Waals surface area contributed by atoms with Crippen LogP contribution in [0.2, 0.25) is 0 Å². The molecule has 0 unspecified atom stereocenters. The zero-order valence-electron chi connectivity index (χ0n) is 31.6. The maximum absolute atomic E-state index is 5.42. The van der Waals surface area contributed by atoms with Crippen LogP contribution in [0.25, 0.3) is 82.9 Å². The smallest absolute Gasteiger partial charge is 0.145 e. The molecule has 0 bridgehead atoms. The average Bonchev–Trinajstić information content (AvgIpc) is 3.70. The van der Waals surface area contributed by atoms with E-state index < -0.39 is 7.92 Å². The van der Waals surface area contributed by atoms with Crippen molar-refractivity contribution < 1.29 is 0 Å². The molecule has 0 saturated heterocycles. The Kier molecular flexibility index (Phi) is 8.46. The zero-order valence-corrected chi connectivity index (χ0v) is 32.5. The Bertz CT molecular complexity index is 3210. The molecule has 4 heteroatoms. The van der Waals surface area contributed by atoms with Gasteiger partial charge < -0.3 is 0 Å². The number of hydrogen-bond donors (Lipinski definition) is 0. The Morgan fingerprint density at radius 2 is 0.897 bits per heavy atom. The topological polar surface area (TPSA) is 30.7 Å². The SMILES string of the molecule is c1ccc(-c2nc3ccccc3n2-c2ccc(-c3cc4c(-c5ccc(P(c6ccccc6)c6ccccc6)cc5)nc5ccccc5c4c4ccccc34)cc2)cc1. The van der Waals surface area contributed by atoms with Crippen LogP contribution in [0, 0.1) is 0 Å². The van der Waals surface area contributed by atoms with E-state index in [1.807, 2.05) is 6.07 Å². The molecular weight excluding hydrogens is 722 g/mol. The van der Waals surface area contributed by atoms with Crippen molar-refractivity contribution in [3.8, 4) is 39.5 Å². The monoisotopic (exact) mass is 757 g/mol. The number of nitrogens with zero attached hydrogens (tertiary/aromatic N) is 3. The molecule has 0 aliphatic rings. The van der Waals surface area contributed by atoms with Gasteiger partial charge in [0, 0.05) is 33.0 Å². The van der Waals surface area contributed by atoms with E-state index in [4.69, 9.17) is 9.97 Å². The average molecular weight is 758 g/mol. The van der Waals surface area contributed by atoms with Crippen LogP contribution < -0.4 is 15.9 Å². The van der Waals surface area contributed by atoms with Crippen molar-refractivity contribution >= 4 is 67.3 Å². The first-order valence-electron chi connectivity index (χ1n) is 19.7. The van der Waals surface area contributed by atoms with E-state index in [9.17, 15) is 0 Å². The second-order valence-corrected chi connectivity index (χ2v) is 16.8. The maximum atomic E-state index is 5.42. The first kappa shape index (κ1) is 34.1. The summed E-state index contributed by atoms with van der Waals surface area (Å²) in [5.74, 6) is 0.930. The summed E-state index contributed by atoms with van der Waals surface area (Å²) in [7, 11) is -0.717. The molecule has 11 rings (SSSR count). The van der Waals surface area contributed by atoms with E-state index in [1.54, 1.807) is 0 Å². The summed E-state index contributed by atoms with van der Waals surface area (Å²) in [4.78, 5) is 10.5. The highest BCUT2D eigenvalue weighted by atomic mass is 31.1. The number of imidazole rings is 1. The lowest BCUT2D eigenvalue weighted by molar-refractivity contribution is 1.10. The summed E-state index contributed by atoms with van der Waals surface area (Å²) >= 11 is 0. The van der Waals surface area contributed by atoms with Gasteiger partial charge in [0.05, 0.1) is 22.2 Å². The Balaban J connectivity index is 1.08. The van der Waals surface area contributed by atoms with E-state index in [0.717, 1.165) is 61.2 Å². The summed E-state index contributed by atoms with van der Waals surface area (Å²) < 4.78 is 2.27.